The van der Waals surface area contributed by atoms with E-state index in [1.807, 2.05) is 0 Å². The van der Waals surface area contributed by atoms with Crippen molar-refractivity contribution in [2.75, 3.05) is 11.4 Å². The maximum Gasteiger partial charge on any atom is 0.0415 e. The van der Waals surface area contributed by atoms with Gasteiger partial charge in [-0.25, -0.2) is 0 Å². The monoisotopic (exact) mass is 324 g/mol. The lowest BCUT2D eigenvalue weighted by molar-refractivity contribution is 0.424. The maximum atomic E-state index is 3.60. The summed E-state index contributed by atoms with van der Waals surface area (Å²) in [5.41, 5.74) is 2.93. The highest BCUT2D eigenvalue weighted by Crippen LogP contribution is 2.30. The predicted molar refractivity (Wildman–Crippen MR) is 86.8 cm³/mol. The topological polar surface area (TPSA) is 15.3 Å². The van der Waals surface area contributed by atoms with Gasteiger partial charge in [0.1, 0.15) is 0 Å². The van der Waals surface area contributed by atoms with Gasteiger partial charge in [-0.2, -0.15) is 0 Å². The third-order valence-electron chi connectivity index (χ3n) is 3.71. The number of anilines is 1. The van der Waals surface area contributed by atoms with Crippen LogP contribution in [0.15, 0.2) is 22.7 Å². The van der Waals surface area contributed by atoms with Gasteiger partial charge < -0.3 is 10.2 Å². The number of halogens is 1. The van der Waals surface area contributed by atoms with Gasteiger partial charge in [-0.05, 0) is 64.3 Å². The van der Waals surface area contributed by atoms with Crippen LogP contribution < -0.4 is 10.2 Å². The fraction of sp³-hybridized carbons (Fsp3) is 0.625. The molecule has 1 saturated heterocycles. The van der Waals surface area contributed by atoms with Crippen LogP contribution in [-0.2, 0) is 6.54 Å². The minimum Gasteiger partial charge on any atom is -0.369 e. The van der Waals surface area contributed by atoms with Crippen molar-refractivity contribution < 1.29 is 0 Å². The fourth-order valence-electron chi connectivity index (χ4n) is 2.63. The zero-order valence-corrected chi connectivity index (χ0v) is 14.0. The molecule has 0 radical (unpaired) electrons. The summed E-state index contributed by atoms with van der Waals surface area (Å²) in [5, 5.41) is 3.60. The first kappa shape index (κ1) is 14.9. The molecule has 1 heterocycles. The minimum atomic E-state index is 0.149. The van der Waals surface area contributed by atoms with E-state index in [4.69, 9.17) is 0 Å². The molecule has 1 aromatic rings. The number of rotatable bonds is 3. The zero-order valence-electron chi connectivity index (χ0n) is 12.5. The predicted octanol–water partition coefficient (Wildman–Crippen LogP) is 4.33. The van der Waals surface area contributed by atoms with E-state index in [0.29, 0.717) is 6.04 Å². The summed E-state index contributed by atoms with van der Waals surface area (Å²) in [6.45, 7) is 11.1. The first-order valence-corrected chi connectivity index (χ1v) is 7.96. The molecule has 1 fully saturated rings. The Bertz CT molecular complexity index is 437. The molecule has 0 spiro atoms. The van der Waals surface area contributed by atoms with Gasteiger partial charge >= 0.3 is 0 Å². The summed E-state index contributed by atoms with van der Waals surface area (Å²) in [5.74, 6) is 0. The molecule has 1 aromatic carbocycles. The van der Waals surface area contributed by atoms with Crippen molar-refractivity contribution in [3.05, 3.63) is 28.2 Å². The van der Waals surface area contributed by atoms with Crippen LogP contribution in [0.3, 0.4) is 0 Å². The number of nitrogens with zero attached hydrogens (tertiary/aromatic N) is 1. The van der Waals surface area contributed by atoms with Gasteiger partial charge in [-0.3, -0.25) is 0 Å². The molecule has 1 aliphatic heterocycles. The van der Waals surface area contributed by atoms with E-state index in [2.05, 4.69) is 72.0 Å². The number of benzene rings is 1. The van der Waals surface area contributed by atoms with Crippen LogP contribution >= 0.6 is 15.9 Å². The summed E-state index contributed by atoms with van der Waals surface area (Å²) < 4.78 is 1.16. The van der Waals surface area contributed by atoms with Crippen molar-refractivity contribution in [3.63, 3.8) is 0 Å². The Morgan fingerprint density at radius 3 is 2.68 bits per heavy atom. The Morgan fingerprint density at radius 1 is 1.37 bits per heavy atom. The lowest BCUT2D eigenvalue weighted by Crippen LogP contribution is -2.36. The maximum absolute atomic E-state index is 3.60. The van der Waals surface area contributed by atoms with E-state index < -0.39 is 0 Å². The summed E-state index contributed by atoms with van der Waals surface area (Å²) in [7, 11) is 0. The van der Waals surface area contributed by atoms with E-state index in [0.717, 1.165) is 11.0 Å². The van der Waals surface area contributed by atoms with Gasteiger partial charge in [0.2, 0.25) is 0 Å². The first-order valence-electron chi connectivity index (χ1n) is 7.17. The molecule has 2 rings (SSSR count). The van der Waals surface area contributed by atoms with Gasteiger partial charge in [-0.1, -0.05) is 15.9 Å². The molecule has 3 heteroatoms. The highest BCUT2D eigenvalue weighted by molar-refractivity contribution is 9.10. The Labute approximate surface area is 125 Å². The summed E-state index contributed by atoms with van der Waals surface area (Å²) in [6, 6.07) is 7.32. The summed E-state index contributed by atoms with van der Waals surface area (Å²) >= 11 is 3.59. The van der Waals surface area contributed by atoms with Crippen molar-refractivity contribution in [2.45, 2.75) is 58.7 Å². The van der Waals surface area contributed by atoms with Crippen LogP contribution in [0.5, 0.6) is 0 Å². The number of hydrogen-bond acceptors (Lipinski definition) is 2. The Kier molecular flexibility index (Phi) is 4.57. The normalized spacial score (nSPS) is 20.1. The summed E-state index contributed by atoms with van der Waals surface area (Å²) in [6.07, 6.45) is 2.62. The Balaban J connectivity index is 2.22. The molecule has 0 aliphatic carbocycles. The lowest BCUT2D eigenvalue weighted by Gasteiger charge is -2.28. The second-order valence-electron chi connectivity index (χ2n) is 6.56. The van der Waals surface area contributed by atoms with Crippen molar-refractivity contribution >= 4 is 21.6 Å². The molecule has 0 saturated carbocycles. The molecule has 19 heavy (non-hydrogen) atoms. The second kappa shape index (κ2) is 5.84. The van der Waals surface area contributed by atoms with Crippen LogP contribution in [0, 0.1) is 0 Å². The molecule has 2 nitrogen and oxygen atoms in total. The standard InChI is InChI=1S/C16H25BrN2/c1-12-6-5-9-19(12)15-8-7-14(17)10-13(15)11-18-16(2,3)4/h7-8,10,12,18H,5-6,9,11H2,1-4H3. The minimum absolute atomic E-state index is 0.149. The van der Waals surface area contributed by atoms with Gasteiger partial charge in [-0.15, -0.1) is 0 Å². The SMILES string of the molecule is CC1CCCN1c1ccc(Br)cc1CNC(C)(C)C. The molecule has 0 amide bonds. The quantitative estimate of drug-likeness (QED) is 0.890. The van der Waals surface area contributed by atoms with Gasteiger partial charge in [0.05, 0.1) is 0 Å². The van der Waals surface area contributed by atoms with E-state index in [-0.39, 0.29) is 5.54 Å². The molecular weight excluding hydrogens is 300 g/mol. The molecule has 1 aliphatic rings. The molecule has 1 unspecified atom stereocenters. The highest BCUT2D eigenvalue weighted by Gasteiger charge is 2.23. The van der Waals surface area contributed by atoms with Gasteiger partial charge in [0, 0.05) is 34.8 Å². The van der Waals surface area contributed by atoms with Crippen LogP contribution in [0.1, 0.15) is 46.1 Å². The highest BCUT2D eigenvalue weighted by atomic mass is 79.9. The number of hydrogen-bond donors (Lipinski definition) is 1. The van der Waals surface area contributed by atoms with Crippen molar-refractivity contribution in [1.29, 1.82) is 0 Å². The van der Waals surface area contributed by atoms with E-state index in [9.17, 15) is 0 Å². The summed E-state index contributed by atoms with van der Waals surface area (Å²) in [4.78, 5) is 2.55. The van der Waals surface area contributed by atoms with Gasteiger partial charge in [0.25, 0.3) is 0 Å². The van der Waals surface area contributed by atoms with E-state index >= 15 is 0 Å². The second-order valence-corrected chi connectivity index (χ2v) is 7.48. The molecule has 106 valence electrons. The van der Waals surface area contributed by atoms with Crippen LogP contribution in [0.25, 0.3) is 0 Å². The molecule has 0 bridgehead atoms. The van der Waals surface area contributed by atoms with Crippen LogP contribution in [-0.4, -0.2) is 18.1 Å². The molecule has 1 N–H and O–H groups in total. The Hall–Kier alpha value is -0.540. The largest absolute Gasteiger partial charge is 0.369 e. The average molecular weight is 325 g/mol. The third-order valence-corrected chi connectivity index (χ3v) is 4.21. The molecular formula is C16H25BrN2. The number of nitrogens with one attached hydrogen (secondary N) is 1. The van der Waals surface area contributed by atoms with Crippen molar-refractivity contribution in [1.82, 2.24) is 5.32 Å². The zero-order chi connectivity index (χ0) is 14.0. The molecule has 0 aromatic heterocycles. The average Bonchev–Trinajstić information content (AvgIpc) is 2.72. The van der Waals surface area contributed by atoms with Crippen LogP contribution in [0.4, 0.5) is 5.69 Å². The van der Waals surface area contributed by atoms with Crippen molar-refractivity contribution in [2.24, 2.45) is 0 Å². The molecule has 1 atom stereocenters. The first-order chi connectivity index (χ1) is 8.87. The van der Waals surface area contributed by atoms with Crippen LogP contribution in [0.2, 0.25) is 0 Å². The van der Waals surface area contributed by atoms with Crippen molar-refractivity contribution in [3.8, 4) is 0 Å². The van der Waals surface area contributed by atoms with E-state index in [1.165, 1.54) is 30.6 Å². The van der Waals surface area contributed by atoms with E-state index in [1.54, 1.807) is 0 Å². The lowest BCUT2D eigenvalue weighted by atomic mass is 10.1. The van der Waals surface area contributed by atoms with Gasteiger partial charge in [0.15, 0.2) is 0 Å². The Morgan fingerprint density at radius 2 is 2.11 bits per heavy atom. The fourth-order valence-corrected chi connectivity index (χ4v) is 3.04. The smallest absolute Gasteiger partial charge is 0.0415 e. The third kappa shape index (κ3) is 3.96.